The lowest BCUT2D eigenvalue weighted by molar-refractivity contribution is 0.994. The first-order valence-corrected chi connectivity index (χ1v) is 7.53. The van der Waals surface area contributed by atoms with Gasteiger partial charge >= 0.3 is 0 Å². The van der Waals surface area contributed by atoms with Gasteiger partial charge in [-0.3, -0.25) is 0 Å². The highest BCUT2D eigenvalue weighted by Crippen LogP contribution is 2.01. The molecule has 0 spiro atoms. The topological polar surface area (TPSA) is 152 Å². The average molecular weight is 349 g/mol. The van der Waals surface area contributed by atoms with Crippen molar-refractivity contribution in [1.29, 1.82) is 0 Å². The van der Waals surface area contributed by atoms with E-state index in [0.717, 1.165) is 22.3 Å². The monoisotopic (exact) mass is 349 g/mol. The minimum absolute atomic E-state index is 0.0526. The Morgan fingerprint density at radius 2 is 1.27 bits per heavy atom. The molecule has 0 fully saturated rings. The molecular weight excluding hydrogens is 330 g/mol. The molecule has 9 nitrogen and oxygen atoms in total. The highest BCUT2D eigenvalue weighted by molar-refractivity contribution is 5.88. The molecule has 2 aromatic rings. The van der Waals surface area contributed by atoms with Gasteiger partial charge in [0.15, 0.2) is 0 Å². The second kappa shape index (κ2) is 9.98. The van der Waals surface area contributed by atoms with Gasteiger partial charge in [0, 0.05) is 0 Å². The first-order chi connectivity index (χ1) is 12.7. The van der Waals surface area contributed by atoms with E-state index in [1.54, 1.807) is 24.9 Å². The summed E-state index contributed by atoms with van der Waals surface area (Å²) in [6, 6.07) is 14.9. The normalized spacial score (nSPS) is 12.7. The van der Waals surface area contributed by atoms with Gasteiger partial charge in [-0.05, 0) is 34.4 Å². The van der Waals surface area contributed by atoms with Crippen LogP contribution >= 0.6 is 0 Å². The van der Waals surface area contributed by atoms with Crippen molar-refractivity contribution < 1.29 is 0 Å². The van der Waals surface area contributed by atoms with Gasteiger partial charge in [0.1, 0.15) is 0 Å². The van der Waals surface area contributed by atoms with Gasteiger partial charge in [-0.2, -0.15) is 20.4 Å². The van der Waals surface area contributed by atoms with Crippen LogP contribution in [-0.2, 0) is 0 Å². The minimum atomic E-state index is 0.0526. The van der Waals surface area contributed by atoms with Gasteiger partial charge in [-0.15, -0.1) is 5.10 Å². The Balaban J connectivity index is 1.93. The summed E-state index contributed by atoms with van der Waals surface area (Å²) in [5, 5.41) is 18.7. The van der Waals surface area contributed by atoms with Gasteiger partial charge in [0.2, 0.25) is 5.96 Å². The third-order valence-corrected chi connectivity index (χ3v) is 3.03. The van der Waals surface area contributed by atoms with Crippen LogP contribution in [0.15, 0.2) is 74.0 Å². The lowest BCUT2D eigenvalue weighted by atomic mass is 10.1. The molecule has 0 amide bonds. The summed E-state index contributed by atoms with van der Waals surface area (Å²) in [6.07, 6.45) is 6.24. The predicted molar refractivity (Wildman–Crippen MR) is 106 cm³/mol. The zero-order valence-corrected chi connectivity index (χ0v) is 13.9. The molecule has 132 valence electrons. The molecule has 0 atom stereocenters. The molecule has 0 aliphatic heterocycles. The number of guanidine groups is 1. The second-order valence-corrected chi connectivity index (χ2v) is 5.00. The first kappa shape index (κ1) is 18.3. The van der Waals surface area contributed by atoms with Crippen LogP contribution in [0, 0.1) is 0 Å². The van der Waals surface area contributed by atoms with Crippen LogP contribution in [0.3, 0.4) is 0 Å². The summed E-state index contributed by atoms with van der Waals surface area (Å²) in [4.78, 5) is 0. The van der Waals surface area contributed by atoms with E-state index in [-0.39, 0.29) is 5.96 Å². The van der Waals surface area contributed by atoms with Crippen molar-refractivity contribution >= 4 is 30.8 Å². The number of hydrogen-bond donors (Lipinski definition) is 4. The molecule has 0 aliphatic rings. The molecule has 0 radical (unpaired) electrons. The van der Waals surface area contributed by atoms with Gasteiger partial charge in [0.25, 0.3) is 0 Å². The molecule has 26 heavy (non-hydrogen) atoms. The zero-order valence-electron chi connectivity index (χ0n) is 13.9. The maximum atomic E-state index is 5.69. The fraction of sp³-hybridized carbons (Fsp3) is 0. The van der Waals surface area contributed by atoms with E-state index in [2.05, 4.69) is 30.9 Å². The number of benzene rings is 2. The number of hydrogen-bond acceptors (Lipinski definition) is 7. The third-order valence-electron chi connectivity index (χ3n) is 3.03. The van der Waals surface area contributed by atoms with Crippen LogP contribution in [-0.4, -0.2) is 30.8 Å². The van der Waals surface area contributed by atoms with E-state index >= 15 is 0 Å². The average Bonchev–Trinajstić information content (AvgIpc) is 2.63. The Morgan fingerprint density at radius 1 is 0.769 bits per heavy atom. The fourth-order valence-corrected chi connectivity index (χ4v) is 1.96. The van der Waals surface area contributed by atoms with Crippen LogP contribution in [0.5, 0.6) is 0 Å². The van der Waals surface area contributed by atoms with Crippen LogP contribution < -0.4 is 22.8 Å². The number of rotatable bonds is 6. The quantitative estimate of drug-likeness (QED) is 0.260. The molecule has 0 aromatic heterocycles. The molecule has 2 aromatic carbocycles. The van der Waals surface area contributed by atoms with Gasteiger partial charge < -0.3 is 17.4 Å². The zero-order chi connectivity index (χ0) is 18.6. The van der Waals surface area contributed by atoms with Crippen molar-refractivity contribution in [2.45, 2.75) is 0 Å². The summed E-state index contributed by atoms with van der Waals surface area (Å²) in [6.45, 7) is 0. The van der Waals surface area contributed by atoms with E-state index in [0.29, 0.717) is 0 Å². The highest BCUT2D eigenvalue weighted by Gasteiger charge is 1.92. The molecule has 0 bridgehead atoms. The first-order valence-electron chi connectivity index (χ1n) is 7.53. The van der Waals surface area contributed by atoms with Crippen molar-refractivity contribution in [1.82, 2.24) is 5.43 Å². The number of nitrogens with two attached hydrogens (primary N) is 3. The maximum Gasteiger partial charge on any atom is 0.234 e. The summed E-state index contributed by atoms with van der Waals surface area (Å²) in [5.41, 5.74) is 11.7. The van der Waals surface area contributed by atoms with Gasteiger partial charge in [0.05, 0.1) is 24.9 Å². The standard InChI is InChI=1S/C17H19N9/c18-17(25-23-11-15-5-1-3-13(7-15)9-21-19)26-24-12-16-6-2-4-14(8-16)10-22-20/h1-12H,19-20H2,(H3,18,25,26). The summed E-state index contributed by atoms with van der Waals surface area (Å²) in [5.74, 6) is 10.3. The smallest absolute Gasteiger partial charge is 0.234 e. The molecule has 0 unspecified atom stereocenters. The maximum absolute atomic E-state index is 5.69. The summed E-state index contributed by atoms with van der Waals surface area (Å²) < 4.78 is 0. The van der Waals surface area contributed by atoms with E-state index in [4.69, 9.17) is 17.4 Å². The minimum Gasteiger partial charge on any atom is -0.367 e. The Morgan fingerprint density at radius 3 is 1.81 bits per heavy atom. The molecule has 0 aliphatic carbocycles. The Kier molecular flexibility index (Phi) is 7.04. The van der Waals surface area contributed by atoms with E-state index < -0.39 is 0 Å². The molecule has 0 saturated carbocycles. The highest BCUT2D eigenvalue weighted by atomic mass is 15.4. The van der Waals surface area contributed by atoms with E-state index in [1.807, 2.05) is 48.5 Å². The third kappa shape index (κ3) is 6.24. The van der Waals surface area contributed by atoms with E-state index in [9.17, 15) is 0 Å². The lowest BCUT2D eigenvalue weighted by Gasteiger charge is -1.98. The van der Waals surface area contributed by atoms with Crippen molar-refractivity contribution in [2.75, 3.05) is 0 Å². The predicted octanol–water partition coefficient (Wildman–Crippen LogP) is 0.544. The molecule has 0 heterocycles. The second-order valence-electron chi connectivity index (χ2n) is 5.00. The molecule has 0 saturated heterocycles. The Labute approximate surface area is 150 Å². The molecule has 2 rings (SSSR count). The van der Waals surface area contributed by atoms with Crippen molar-refractivity contribution in [3.63, 3.8) is 0 Å². The fourth-order valence-electron chi connectivity index (χ4n) is 1.96. The van der Waals surface area contributed by atoms with E-state index in [1.165, 1.54) is 0 Å². The molecule has 7 N–H and O–H groups in total. The molecule has 9 heteroatoms. The van der Waals surface area contributed by atoms with Gasteiger partial charge in [-0.1, -0.05) is 36.4 Å². The number of nitrogens with zero attached hydrogens (tertiary/aromatic N) is 5. The Hall–Kier alpha value is -4.01. The lowest BCUT2D eigenvalue weighted by Crippen LogP contribution is -2.26. The SMILES string of the molecule is NN=Cc1cccc(C=NN=C(N)NN=Cc2cccc(C=NN)c2)c1. The van der Waals surface area contributed by atoms with Gasteiger partial charge in [-0.25, -0.2) is 5.43 Å². The van der Waals surface area contributed by atoms with Crippen LogP contribution in [0.1, 0.15) is 22.3 Å². The van der Waals surface area contributed by atoms with Crippen LogP contribution in [0.2, 0.25) is 0 Å². The van der Waals surface area contributed by atoms with Crippen molar-refractivity contribution in [3.05, 3.63) is 70.8 Å². The van der Waals surface area contributed by atoms with Crippen molar-refractivity contribution in [2.24, 2.45) is 42.9 Å². The largest absolute Gasteiger partial charge is 0.367 e. The number of nitrogens with one attached hydrogen (secondary N) is 1. The number of hydrazone groups is 3. The van der Waals surface area contributed by atoms with Crippen molar-refractivity contribution in [3.8, 4) is 0 Å². The van der Waals surface area contributed by atoms with Crippen LogP contribution in [0.4, 0.5) is 0 Å². The van der Waals surface area contributed by atoms with Crippen LogP contribution in [0.25, 0.3) is 0 Å². The Bertz CT molecular complexity index is 866. The summed E-state index contributed by atoms with van der Waals surface area (Å²) in [7, 11) is 0. The molecular formula is C17H19N9. The summed E-state index contributed by atoms with van der Waals surface area (Å²) >= 11 is 0.